The monoisotopic (exact) mass is 275 g/mol. The number of likely N-dealkylation sites (tertiary alicyclic amines) is 1. The molecule has 20 heavy (non-hydrogen) atoms. The van der Waals surface area contributed by atoms with E-state index in [2.05, 4.69) is 6.58 Å². The van der Waals surface area contributed by atoms with Gasteiger partial charge in [-0.1, -0.05) is 43.0 Å². The molecular weight excluding hydrogens is 258 g/mol. The van der Waals surface area contributed by atoms with E-state index in [4.69, 9.17) is 4.74 Å². The maximum atomic E-state index is 11.9. The number of hydrogen-bond donors (Lipinski definition) is 1. The fraction of sp³-hybridized carbons (Fsp3) is 0.333. The number of carboxylic acids is 1. The number of carbonyl (C=O) groups is 2. The van der Waals surface area contributed by atoms with Crippen molar-refractivity contribution in [1.82, 2.24) is 4.90 Å². The summed E-state index contributed by atoms with van der Waals surface area (Å²) in [5.74, 6) is -1.21. The molecule has 1 aromatic carbocycles. The van der Waals surface area contributed by atoms with Crippen molar-refractivity contribution in [1.29, 1.82) is 0 Å². The van der Waals surface area contributed by atoms with Crippen LogP contribution in [0.3, 0.4) is 0 Å². The topological polar surface area (TPSA) is 66.8 Å². The van der Waals surface area contributed by atoms with E-state index in [0.717, 1.165) is 5.56 Å². The Morgan fingerprint density at radius 1 is 1.40 bits per heavy atom. The van der Waals surface area contributed by atoms with Crippen molar-refractivity contribution >= 4 is 12.1 Å². The van der Waals surface area contributed by atoms with Crippen molar-refractivity contribution in [3.05, 3.63) is 48.6 Å². The lowest BCUT2D eigenvalue weighted by molar-refractivity contribution is -0.142. The maximum Gasteiger partial charge on any atom is 0.410 e. The lowest BCUT2D eigenvalue weighted by Crippen LogP contribution is -2.43. The van der Waals surface area contributed by atoms with Crippen LogP contribution in [0.4, 0.5) is 4.79 Å². The van der Waals surface area contributed by atoms with Gasteiger partial charge >= 0.3 is 12.1 Å². The standard InChI is InChI=1S/C15H17NO4/c1-2-10-20-15(19)16-9-8-12(13(16)14(17)18)11-6-4-3-5-7-11/h2-7,12-13H,1,8-10H2,(H,17,18)/t12-,13+/m1/s1. The fourth-order valence-corrected chi connectivity index (χ4v) is 2.56. The molecule has 2 rings (SSSR count). The second-order valence-electron chi connectivity index (χ2n) is 4.65. The summed E-state index contributed by atoms with van der Waals surface area (Å²) in [6.45, 7) is 3.93. The van der Waals surface area contributed by atoms with Gasteiger partial charge in [0.2, 0.25) is 0 Å². The SMILES string of the molecule is C=CCOC(=O)N1CC[C@H](c2ccccc2)[C@H]1C(=O)O. The van der Waals surface area contributed by atoms with Crippen LogP contribution in [0.25, 0.3) is 0 Å². The Labute approximate surface area is 117 Å². The molecule has 2 atom stereocenters. The summed E-state index contributed by atoms with van der Waals surface area (Å²) in [5, 5.41) is 9.42. The molecule has 106 valence electrons. The molecular formula is C15H17NO4. The van der Waals surface area contributed by atoms with Crippen LogP contribution in [-0.4, -0.2) is 41.3 Å². The zero-order chi connectivity index (χ0) is 14.5. The molecule has 0 spiro atoms. The molecule has 5 nitrogen and oxygen atoms in total. The van der Waals surface area contributed by atoms with Crippen molar-refractivity contribution in [2.24, 2.45) is 0 Å². The van der Waals surface area contributed by atoms with Gasteiger partial charge in [0.05, 0.1) is 0 Å². The average molecular weight is 275 g/mol. The zero-order valence-electron chi connectivity index (χ0n) is 11.1. The van der Waals surface area contributed by atoms with Crippen LogP contribution in [-0.2, 0) is 9.53 Å². The van der Waals surface area contributed by atoms with Gasteiger partial charge in [-0.15, -0.1) is 0 Å². The molecule has 1 aliphatic heterocycles. The first-order valence-corrected chi connectivity index (χ1v) is 6.47. The number of carboxylic acid groups (broad SMARTS) is 1. The van der Waals surface area contributed by atoms with E-state index in [-0.39, 0.29) is 12.5 Å². The van der Waals surface area contributed by atoms with Crippen molar-refractivity contribution < 1.29 is 19.4 Å². The molecule has 1 amide bonds. The number of carbonyl (C=O) groups excluding carboxylic acids is 1. The average Bonchev–Trinajstić information content (AvgIpc) is 2.90. The van der Waals surface area contributed by atoms with Crippen molar-refractivity contribution in [3.8, 4) is 0 Å². The largest absolute Gasteiger partial charge is 0.480 e. The van der Waals surface area contributed by atoms with Crippen LogP contribution in [0.1, 0.15) is 17.9 Å². The van der Waals surface area contributed by atoms with E-state index < -0.39 is 18.1 Å². The summed E-state index contributed by atoms with van der Waals surface area (Å²) in [6.07, 6.45) is 1.47. The summed E-state index contributed by atoms with van der Waals surface area (Å²) in [4.78, 5) is 24.7. The Kier molecular flexibility index (Phi) is 4.40. The Morgan fingerprint density at radius 3 is 2.70 bits per heavy atom. The third-order valence-electron chi connectivity index (χ3n) is 3.44. The second-order valence-corrected chi connectivity index (χ2v) is 4.65. The smallest absolute Gasteiger partial charge is 0.410 e. The molecule has 1 fully saturated rings. The molecule has 1 aliphatic rings. The van der Waals surface area contributed by atoms with Crippen molar-refractivity contribution in [2.75, 3.05) is 13.2 Å². The number of amides is 1. The van der Waals surface area contributed by atoms with Gasteiger partial charge in [-0.2, -0.15) is 0 Å². The first-order chi connectivity index (χ1) is 9.65. The summed E-state index contributed by atoms with van der Waals surface area (Å²) in [7, 11) is 0. The predicted octanol–water partition coefficient (Wildman–Crippen LogP) is 2.25. The van der Waals surface area contributed by atoms with Crippen LogP contribution in [0, 0.1) is 0 Å². The molecule has 1 heterocycles. The minimum absolute atomic E-state index is 0.0810. The second kappa shape index (κ2) is 6.23. The first kappa shape index (κ1) is 14.1. The molecule has 0 radical (unpaired) electrons. The Balaban J connectivity index is 2.19. The molecule has 0 saturated carbocycles. The molecule has 1 saturated heterocycles. The van der Waals surface area contributed by atoms with E-state index in [9.17, 15) is 14.7 Å². The summed E-state index contributed by atoms with van der Waals surface area (Å²) in [5.41, 5.74) is 0.930. The Bertz CT molecular complexity index is 500. The highest BCUT2D eigenvalue weighted by atomic mass is 16.6. The molecule has 1 N–H and O–H groups in total. The molecule has 5 heteroatoms. The minimum Gasteiger partial charge on any atom is -0.480 e. The number of hydrogen-bond acceptors (Lipinski definition) is 3. The van der Waals surface area contributed by atoms with Crippen LogP contribution in [0.15, 0.2) is 43.0 Å². The molecule has 0 aliphatic carbocycles. The summed E-state index contributed by atoms with van der Waals surface area (Å²) < 4.78 is 4.95. The van der Waals surface area contributed by atoms with Gasteiger partial charge in [0.1, 0.15) is 12.6 Å². The molecule has 0 unspecified atom stereocenters. The van der Waals surface area contributed by atoms with Crippen molar-refractivity contribution in [3.63, 3.8) is 0 Å². The van der Waals surface area contributed by atoms with E-state index in [0.29, 0.717) is 13.0 Å². The minimum atomic E-state index is -1.01. The van der Waals surface area contributed by atoms with Crippen LogP contribution >= 0.6 is 0 Å². The lowest BCUT2D eigenvalue weighted by Gasteiger charge is -2.24. The van der Waals surface area contributed by atoms with Gasteiger partial charge in [0.15, 0.2) is 0 Å². The third kappa shape index (κ3) is 2.82. The number of ether oxygens (including phenoxy) is 1. The van der Waals surface area contributed by atoms with Gasteiger partial charge in [-0.3, -0.25) is 4.90 Å². The van der Waals surface area contributed by atoms with Gasteiger partial charge in [-0.05, 0) is 12.0 Å². The highest BCUT2D eigenvalue weighted by Crippen LogP contribution is 2.34. The summed E-state index contributed by atoms with van der Waals surface area (Å²) >= 11 is 0. The number of nitrogens with zero attached hydrogens (tertiary/aromatic N) is 1. The van der Waals surface area contributed by atoms with E-state index >= 15 is 0 Å². The summed E-state index contributed by atoms with van der Waals surface area (Å²) in [6, 6.07) is 8.51. The van der Waals surface area contributed by atoms with Gasteiger partial charge in [0.25, 0.3) is 0 Å². The first-order valence-electron chi connectivity index (χ1n) is 6.47. The predicted molar refractivity (Wildman–Crippen MR) is 73.5 cm³/mol. The van der Waals surface area contributed by atoms with Crippen LogP contribution in [0.2, 0.25) is 0 Å². The Hall–Kier alpha value is -2.30. The van der Waals surface area contributed by atoms with Crippen LogP contribution in [0.5, 0.6) is 0 Å². The normalized spacial score (nSPS) is 21.5. The van der Waals surface area contributed by atoms with E-state index in [1.807, 2.05) is 30.3 Å². The maximum absolute atomic E-state index is 11.9. The third-order valence-corrected chi connectivity index (χ3v) is 3.44. The number of rotatable bonds is 4. The molecule has 0 aromatic heterocycles. The van der Waals surface area contributed by atoms with Gasteiger partial charge in [-0.25, -0.2) is 9.59 Å². The zero-order valence-corrected chi connectivity index (χ0v) is 11.1. The molecule has 1 aromatic rings. The highest BCUT2D eigenvalue weighted by molar-refractivity contribution is 5.82. The lowest BCUT2D eigenvalue weighted by atomic mass is 9.92. The van der Waals surface area contributed by atoms with Crippen molar-refractivity contribution in [2.45, 2.75) is 18.4 Å². The quantitative estimate of drug-likeness (QED) is 0.856. The van der Waals surface area contributed by atoms with E-state index in [1.54, 1.807) is 0 Å². The van der Waals surface area contributed by atoms with Gasteiger partial charge < -0.3 is 9.84 Å². The van der Waals surface area contributed by atoms with Crippen LogP contribution < -0.4 is 0 Å². The van der Waals surface area contributed by atoms with E-state index in [1.165, 1.54) is 11.0 Å². The Morgan fingerprint density at radius 2 is 2.10 bits per heavy atom. The number of aliphatic carboxylic acids is 1. The fourth-order valence-electron chi connectivity index (χ4n) is 2.56. The highest BCUT2D eigenvalue weighted by Gasteiger charge is 2.43. The van der Waals surface area contributed by atoms with Gasteiger partial charge in [0, 0.05) is 12.5 Å². The number of benzene rings is 1. The molecule has 0 bridgehead atoms.